The van der Waals surface area contributed by atoms with Gasteiger partial charge in [-0.05, 0) is 0 Å². The third-order valence-corrected chi connectivity index (χ3v) is 4.90. The summed E-state index contributed by atoms with van der Waals surface area (Å²) in [6.45, 7) is 2.23. The molecule has 1 unspecified atom stereocenters. The molecule has 0 fully saturated rings. The standard InChI is InChI=1S/C10H9.2ClH.Hf/c1-8-6-9-4-2-3-5-10(9)7-8;;;/h2-7H,1H3;2*1H;. The molecule has 1 atom stereocenters. The summed E-state index contributed by atoms with van der Waals surface area (Å²) in [6.07, 6.45) is 2.31. The maximum atomic E-state index is 2.31. The monoisotopic (exact) mass is 381 g/mol. The second-order valence-electron chi connectivity index (χ2n) is 2.95. The maximum Gasteiger partial charge on any atom is -0.147 e. The van der Waals surface area contributed by atoms with Crippen molar-refractivity contribution < 1.29 is 24.4 Å². The Bertz CT molecular complexity index is 320. The average molecular weight is 381 g/mol. The summed E-state index contributed by atoms with van der Waals surface area (Å²) < 4.78 is 0.770. The number of fused-ring (bicyclic) bond motifs is 1. The molecule has 0 amide bonds. The van der Waals surface area contributed by atoms with Crippen LogP contribution in [0.2, 0.25) is 0 Å². The van der Waals surface area contributed by atoms with Gasteiger partial charge in [0.2, 0.25) is 0 Å². The molecule has 0 N–H and O–H groups in total. The molecule has 1 aromatic rings. The number of halogens is 2. The molecule has 0 bridgehead atoms. The van der Waals surface area contributed by atoms with Gasteiger partial charge in [-0.15, -0.1) is 24.8 Å². The summed E-state index contributed by atoms with van der Waals surface area (Å²) >= 11 is 1.24. The van der Waals surface area contributed by atoms with Gasteiger partial charge in [0.1, 0.15) is 0 Å². The Morgan fingerprint density at radius 2 is 1.77 bits per heavy atom. The van der Waals surface area contributed by atoms with Crippen LogP contribution in [0.3, 0.4) is 0 Å². The van der Waals surface area contributed by atoms with Crippen molar-refractivity contribution in [3.05, 3.63) is 41.0 Å². The van der Waals surface area contributed by atoms with Crippen LogP contribution in [0.5, 0.6) is 0 Å². The van der Waals surface area contributed by atoms with Gasteiger partial charge in [-0.25, -0.2) is 0 Å². The third kappa shape index (κ3) is 2.45. The molecule has 2 rings (SSSR count). The molecule has 69 valence electrons. The van der Waals surface area contributed by atoms with Crippen LogP contribution in [-0.4, -0.2) is 0 Å². The minimum absolute atomic E-state index is 0. The van der Waals surface area contributed by atoms with Crippen molar-refractivity contribution in [2.24, 2.45) is 0 Å². The Hall–Kier alpha value is 0.410. The van der Waals surface area contributed by atoms with E-state index in [9.17, 15) is 0 Å². The van der Waals surface area contributed by atoms with E-state index in [-0.39, 0.29) is 24.8 Å². The fourth-order valence-electron chi connectivity index (χ4n) is 1.48. The Balaban J connectivity index is 0.000000720. The Kier molecular flexibility index (Phi) is 5.50. The van der Waals surface area contributed by atoms with Gasteiger partial charge in [-0.2, -0.15) is 0 Å². The number of rotatable bonds is 0. The smallest absolute Gasteiger partial charge is 0.147 e. The minimum Gasteiger partial charge on any atom is -0.147 e. The van der Waals surface area contributed by atoms with Crippen molar-refractivity contribution >= 4 is 30.9 Å². The fourth-order valence-corrected chi connectivity index (χ4v) is 2.72. The van der Waals surface area contributed by atoms with Gasteiger partial charge in [-0.3, -0.25) is 0 Å². The minimum atomic E-state index is 0. The van der Waals surface area contributed by atoms with E-state index in [0.29, 0.717) is 0 Å². The van der Waals surface area contributed by atoms with Crippen LogP contribution in [0.4, 0.5) is 0 Å². The van der Waals surface area contributed by atoms with Crippen molar-refractivity contribution in [1.29, 1.82) is 0 Å². The number of hydrogen-bond donors (Lipinski definition) is 0. The first-order valence-corrected chi connectivity index (χ1v) is 5.84. The van der Waals surface area contributed by atoms with Crippen LogP contribution < -0.4 is 0 Å². The summed E-state index contributed by atoms with van der Waals surface area (Å²) in [5.74, 6) is 0. The zero-order valence-corrected chi connectivity index (χ0v) is 12.5. The van der Waals surface area contributed by atoms with Crippen LogP contribution in [0.25, 0.3) is 6.08 Å². The number of allylic oxidation sites excluding steroid dienone is 1. The van der Waals surface area contributed by atoms with Crippen LogP contribution in [0.1, 0.15) is 21.7 Å². The van der Waals surface area contributed by atoms with E-state index in [2.05, 4.69) is 37.3 Å². The van der Waals surface area contributed by atoms with E-state index in [4.69, 9.17) is 0 Å². The zero-order valence-electron chi connectivity index (χ0n) is 7.28. The van der Waals surface area contributed by atoms with Crippen molar-refractivity contribution in [1.82, 2.24) is 0 Å². The molecule has 0 saturated carbocycles. The fraction of sp³-hybridized carbons (Fsp3) is 0.200. The molecule has 13 heavy (non-hydrogen) atoms. The molecule has 0 radical (unpaired) electrons. The van der Waals surface area contributed by atoms with E-state index in [1.54, 1.807) is 0 Å². The van der Waals surface area contributed by atoms with Crippen LogP contribution in [-0.2, 0) is 24.4 Å². The van der Waals surface area contributed by atoms with Crippen molar-refractivity contribution in [3.63, 3.8) is 0 Å². The molecule has 1 aromatic carbocycles. The second kappa shape index (κ2) is 5.33. The predicted molar refractivity (Wildman–Crippen MR) is 57.3 cm³/mol. The molecule has 3 heteroatoms. The van der Waals surface area contributed by atoms with Gasteiger partial charge in [0.15, 0.2) is 0 Å². The normalized spacial score (nSPS) is 17.8. The van der Waals surface area contributed by atoms with Gasteiger partial charge in [-0.1, -0.05) is 0 Å². The van der Waals surface area contributed by atoms with E-state index in [0.717, 1.165) is 3.67 Å². The quantitative estimate of drug-likeness (QED) is 0.604. The van der Waals surface area contributed by atoms with Crippen LogP contribution in [0.15, 0.2) is 29.8 Å². The molecule has 0 heterocycles. The summed E-state index contributed by atoms with van der Waals surface area (Å²) in [4.78, 5) is 0. The largest absolute Gasteiger partial charge is 0.147 e. The van der Waals surface area contributed by atoms with Crippen LogP contribution in [0, 0.1) is 0 Å². The maximum absolute atomic E-state index is 2.31. The van der Waals surface area contributed by atoms with E-state index < -0.39 is 0 Å². The first kappa shape index (κ1) is 13.4. The molecular formula is C10H11Cl2Hf. The zero-order chi connectivity index (χ0) is 7.84. The second-order valence-corrected chi connectivity index (χ2v) is 5.02. The molecule has 1 aliphatic carbocycles. The molecule has 0 spiro atoms. The first-order chi connectivity index (χ1) is 5.29. The van der Waals surface area contributed by atoms with E-state index in [1.165, 1.54) is 41.1 Å². The van der Waals surface area contributed by atoms with Crippen molar-refractivity contribution in [2.75, 3.05) is 0 Å². The van der Waals surface area contributed by atoms with Crippen molar-refractivity contribution in [3.8, 4) is 0 Å². The van der Waals surface area contributed by atoms with Crippen LogP contribution >= 0.6 is 24.8 Å². The Labute approximate surface area is 106 Å². The van der Waals surface area contributed by atoms with Gasteiger partial charge in [0.05, 0.1) is 0 Å². The molecule has 0 aliphatic heterocycles. The number of benzene rings is 1. The SMILES string of the molecule is CC1=Cc2ccccc2[CH]1[Hf].Cl.Cl. The van der Waals surface area contributed by atoms with Crippen molar-refractivity contribution in [2.45, 2.75) is 10.6 Å². The summed E-state index contributed by atoms with van der Waals surface area (Å²) in [5, 5.41) is 0. The molecule has 0 aromatic heterocycles. The van der Waals surface area contributed by atoms with E-state index in [1.807, 2.05) is 0 Å². The molecular weight excluding hydrogens is 370 g/mol. The van der Waals surface area contributed by atoms with E-state index >= 15 is 0 Å². The number of hydrogen-bond acceptors (Lipinski definition) is 0. The average Bonchev–Trinajstić information content (AvgIpc) is 2.30. The van der Waals surface area contributed by atoms with Gasteiger partial charge < -0.3 is 0 Å². The summed E-state index contributed by atoms with van der Waals surface area (Å²) in [5.41, 5.74) is 4.51. The third-order valence-electron chi connectivity index (χ3n) is 2.15. The molecule has 0 nitrogen and oxygen atoms in total. The molecule has 0 saturated heterocycles. The Morgan fingerprint density at radius 3 is 2.38 bits per heavy atom. The first-order valence-electron chi connectivity index (χ1n) is 3.77. The summed E-state index contributed by atoms with van der Waals surface area (Å²) in [7, 11) is 0. The molecule has 1 aliphatic rings. The van der Waals surface area contributed by atoms with Gasteiger partial charge >= 0.3 is 82.0 Å². The van der Waals surface area contributed by atoms with Gasteiger partial charge in [0.25, 0.3) is 0 Å². The Morgan fingerprint density at radius 1 is 1.15 bits per heavy atom. The van der Waals surface area contributed by atoms with Gasteiger partial charge in [0, 0.05) is 0 Å². The predicted octanol–water partition coefficient (Wildman–Crippen LogP) is 3.54. The summed E-state index contributed by atoms with van der Waals surface area (Å²) in [6, 6.07) is 8.70. The topological polar surface area (TPSA) is 0 Å².